The van der Waals surface area contributed by atoms with Gasteiger partial charge >= 0.3 is 0 Å². The monoisotopic (exact) mass is 241 g/mol. The third-order valence-corrected chi connectivity index (χ3v) is 2.88. The second kappa shape index (κ2) is 4.52. The number of aromatic nitrogens is 4. The van der Waals surface area contributed by atoms with Crippen molar-refractivity contribution in [2.45, 2.75) is 13.3 Å². The molecule has 5 heteroatoms. The summed E-state index contributed by atoms with van der Waals surface area (Å²) in [5.41, 5.74) is 4.41. The van der Waals surface area contributed by atoms with Crippen molar-refractivity contribution < 1.29 is 0 Å². The molecule has 2 aromatic heterocycles. The van der Waals surface area contributed by atoms with Crippen molar-refractivity contribution in [2.75, 3.05) is 11.9 Å². The Hall–Kier alpha value is -2.30. The van der Waals surface area contributed by atoms with Crippen molar-refractivity contribution in [1.82, 2.24) is 19.9 Å². The van der Waals surface area contributed by atoms with Crippen LogP contribution in [0.5, 0.6) is 0 Å². The van der Waals surface area contributed by atoms with Crippen LogP contribution < -0.4 is 5.32 Å². The van der Waals surface area contributed by atoms with Gasteiger partial charge in [0.25, 0.3) is 0 Å². The highest BCUT2D eigenvalue weighted by atomic mass is 15.1. The van der Waals surface area contributed by atoms with E-state index in [0.717, 1.165) is 35.6 Å². The molecule has 0 aliphatic heterocycles. The number of hydrogen-bond donors (Lipinski definition) is 3. The van der Waals surface area contributed by atoms with Crippen molar-refractivity contribution in [2.24, 2.45) is 0 Å². The topological polar surface area (TPSA) is 69.4 Å². The number of nitrogens with one attached hydrogen (secondary N) is 3. The number of fused-ring (bicyclic) bond motifs is 1. The molecule has 0 amide bonds. The summed E-state index contributed by atoms with van der Waals surface area (Å²) in [6.07, 6.45) is 4.43. The molecular weight excluding hydrogens is 226 g/mol. The Labute approximate surface area is 105 Å². The summed E-state index contributed by atoms with van der Waals surface area (Å²) in [4.78, 5) is 14.8. The lowest BCUT2D eigenvalue weighted by Gasteiger charge is -2.00. The molecule has 0 spiro atoms. The van der Waals surface area contributed by atoms with E-state index >= 15 is 0 Å². The second-order valence-corrected chi connectivity index (χ2v) is 4.36. The van der Waals surface area contributed by atoms with Gasteiger partial charge in [-0.3, -0.25) is 0 Å². The summed E-state index contributed by atoms with van der Waals surface area (Å²) >= 11 is 0. The lowest BCUT2D eigenvalue weighted by Crippen LogP contribution is -2.06. The van der Waals surface area contributed by atoms with Crippen LogP contribution in [0.2, 0.25) is 0 Å². The van der Waals surface area contributed by atoms with Gasteiger partial charge in [-0.1, -0.05) is 6.07 Å². The third kappa shape index (κ3) is 2.20. The van der Waals surface area contributed by atoms with Gasteiger partial charge in [-0.25, -0.2) is 9.97 Å². The van der Waals surface area contributed by atoms with E-state index in [4.69, 9.17) is 0 Å². The minimum absolute atomic E-state index is 0.815. The van der Waals surface area contributed by atoms with Crippen LogP contribution in [0.1, 0.15) is 11.3 Å². The maximum atomic E-state index is 4.48. The fourth-order valence-corrected chi connectivity index (χ4v) is 1.94. The fraction of sp³-hybridized carbons (Fsp3) is 0.231. The predicted molar refractivity (Wildman–Crippen MR) is 71.6 cm³/mol. The zero-order valence-corrected chi connectivity index (χ0v) is 10.2. The largest absolute Gasteiger partial charge is 0.355 e. The van der Waals surface area contributed by atoms with Crippen LogP contribution in [0.3, 0.4) is 0 Å². The zero-order chi connectivity index (χ0) is 12.4. The molecule has 2 heterocycles. The summed E-state index contributed by atoms with van der Waals surface area (Å²) in [5, 5.41) is 3.28. The number of hydrogen-bond acceptors (Lipinski definition) is 3. The number of rotatable bonds is 4. The lowest BCUT2D eigenvalue weighted by atomic mass is 10.2. The Bertz CT molecular complexity index is 639. The first-order valence-corrected chi connectivity index (χ1v) is 5.99. The molecular formula is C13H15N5. The maximum absolute atomic E-state index is 4.48. The van der Waals surface area contributed by atoms with Crippen LogP contribution in [-0.2, 0) is 6.42 Å². The molecule has 0 saturated carbocycles. The van der Waals surface area contributed by atoms with Crippen LogP contribution in [-0.4, -0.2) is 26.5 Å². The maximum Gasteiger partial charge on any atom is 0.201 e. The van der Waals surface area contributed by atoms with E-state index in [2.05, 4.69) is 44.3 Å². The van der Waals surface area contributed by atoms with Gasteiger partial charge in [-0.05, 0) is 24.6 Å². The molecule has 0 unspecified atom stereocenters. The van der Waals surface area contributed by atoms with E-state index in [1.807, 2.05) is 12.3 Å². The average molecular weight is 241 g/mol. The standard InChI is InChI=1S/C13H15N5/c1-9-2-3-11-12(6-9)18-13(17-11)15-5-4-10-7-14-8-16-10/h2-3,6-8H,4-5H2,1H3,(H,14,16)(H2,15,17,18). The van der Waals surface area contributed by atoms with Crippen molar-refractivity contribution in [1.29, 1.82) is 0 Å². The number of aryl methyl sites for hydroxylation is 1. The van der Waals surface area contributed by atoms with Gasteiger partial charge in [0, 0.05) is 24.9 Å². The molecule has 1 aromatic carbocycles. The minimum atomic E-state index is 0.815. The van der Waals surface area contributed by atoms with E-state index in [0.29, 0.717) is 0 Å². The van der Waals surface area contributed by atoms with Gasteiger partial charge in [0.1, 0.15) is 0 Å². The molecule has 0 atom stereocenters. The Morgan fingerprint density at radius 3 is 3.11 bits per heavy atom. The third-order valence-electron chi connectivity index (χ3n) is 2.88. The number of H-pyrrole nitrogens is 2. The van der Waals surface area contributed by atoms with Crippen LogP contribution in [0.25, 0.3) is 11.0 Å². The second-order valence-electron chi connectivity index (χ2n) is 4.36. The smallest absolute Gasteiger partial charge is 0.201 e. The quantitative estimate of drug-likeness (QED) is 0.656. The van der Waals surface area contributed by atoms with E-state index < -0.39 is 0 Å². The fourth-order valence-electron chi connectivity index (χ4n) is 1.94. The van der Waals surface area contributed by atoms with E-state index in [-0.39, 0.29) is 0 Å². The minimum Gasteiger partial charge on any atom is -0.355 e. The zero-order valence-electron chi connectivity index (χ0n) is 10.2. The van der Waals surface area contributed by atoms with Crippen molar-refractivity contribution in [3.05, 3.63) is 42.0 Å². The van der Waals surface area contributed by atoms with Crippen LogP contribution in [0.15, 0.2) is 30.7 Å². The molecule has 0 aliphatic carbocycles. The average Bonchev–Trinajstić information content (AvgIpc) is 2.97. The van der Waals surface area contributed by atoms with Gasteiger partial charge in [0.15, 0.2) is 0 Å². The Morgan fingerprint density at radius 2 is 2.28 bits per heavy atom. The van der Waals surface area contributed by atoms with Gasteiger partial charge in [-0.2, -0.15) is 0 Å². The van der Waals surface area contributed by atoms with Crippen molar-refractivity contribution in [3.8, 4) is 0 Å². The normalized spacial score (nSPS) is 10.9. The highest BCUT2D eigenvalue weighted by molar-refractivity contribution is 5.78. The number of aromatic amines is 2. The molecule has 92 valence electrons. The van der Waals surface area contributed by atoms with E-state index in [9.17, 15) is 0 Å². The Morgan fingerprint density at radius 1 is 1.33 bits per heavy atom. The van der Waals surface area contributed by atoms with Crippen LogP contribution in [0, 0.1) is 6.92 Å². The molecule has 3 N–H and O–H groups in total. The van der Waals surface area contributed by atoms with Gasteiger partial charge in [-0.15, -0.1) is 0 Å². The SMILES string of the molecule is Cc1ccc2nc(NCCc3cnc[nH]3)[nH]c2c1. The molecule has 0 saturated heterocycles. The van der Waals surface area contributed by atoms with Gasteiger partial charge in [0.05, 0.1) is 17.4 Å². The first kappa shape index (κ1) is 10.8. The molecule has 3 aromatic rings. The van der Waals surface area contributed by atoms with E-state index in [1.165, 1.54) is 5.56 Å². The summed E-state index contributed by atoms with van der Waals surface area (Å²) in [6.45, 7) is 2.90. The van der Waals surface area contributed by atoms with E-state index in [1.54, 1.807) is 6.33 Å². The Kier molecular flexibility index (Phi) is 2.72. The highest BCUT2D eigenvalue weighted by Crippen LogP contribution is 2.15. The Balaban J connectivity index is 1.67. The van der Waals surface area contributed by atoms with Gasteiger partial charge < -0.3 is 15.3 Å². The molecule has 5 nitrogen and oxygen atoms in total. The summed E-state index contributed by atoms with van der Waals surface area (Å²) in [5.74, 6) is 0.815. The van der Waals surface area contributed by atoms with Crippen LogP contribution >= 0.6 is 0 Å². The summed E-state index contributed by atoms with van der Waals surface area (Å²) in [6, 6.07) is 6.20. The molecule has 0 fully saturated rings. The lowest BCUT2D eigenvalue weighted by molar-refractivity contribution is 0.963. The molecule has 3 rings (SSSR count). The summed E-state index contributed by atoms with van der Waals surface area (Å²) in [7, 11) is 0. The summed E-state index contributed by atoms with van der Waals surface area (Å²) < 4.78 is 0. The molecule has 18 heavy (non-hydrogen) atoms. The number of benzene rings is 1. The highest BCUT2D eigenvalue weighted by Gasteiger charge is 2.02. The molecule has 0 aliphatic rings. The first-order valence-electron chi connectivity index (χ1n) is 5.99. The van der Waals surface area contributed by atoms with Gasteiger partial charge in [0.2, 0.25) is 5.95 Å². The molecule has 0 bridgehead atoms. The first-order chi connectivity index (χ1) is 8.81. The number of anilines is 1. The molecule has 0 radical (unpaired) electrons. The van der Waals surface area contributed by atoms with Crippen LogP contribution in [0.4, 0.5) is 5.95 Å². The number of nitrogens with zero attached hydrogens (tertiary/aromatic N) is 2. The number of imidazole rings is 2. The van der Waals surface area contributed by atoms with Crippen molar-refractivity contribution in [3.63, 3.8) is 0 Å². The van der Waals surface area contributed by atoms with Crippen molar-refractivity contribution >= 4 is 17.0 Å². The predicted octanol–water partition coefficient (Wildman–Crippen LogP) is 2.25.